The summed E-state index contributed by atoms with van der Waals surface area (Å²) in [5, 5.41) is 0.615. The van der Waals surface area contributed by atoms with E-state index in [0.29, 0.717) is 23.1 Å². The number of piperazine rings is 1. The molecule has 0 spiro atoms. The second-order valence-electron chi connectivity index (χ2n) is 9.16. The fourth-order valence-electron chi connectivity index (χ4n) is 4.79. The average molecular weight is 460 g/mol. The van der Waals surface area contributed by atoms with E-state index in [0.717, 1.165) is 54.6 Å². The fraction of sp³-hybridized carbons (Fsp3) is 0.346. The first-order chi connectivity index (χ1) is 16.2. The van der Waals surface area contributed by atoms with Crippen molar-refractivity contribution in [1.29, 1.82) is 0 Å². The number of amides is 1. The number of nitrogens with zero attached hydrogens (tertiary/aromatic N) is 5. The zero-order valence-corrected chi connectivity index (χ0v) is 19.2. The van der Waals surface area contributed by atoms with Crippen LogP contribution in [0.15, 0.2) is 70.4 Å². The summed E-state index contributed by atoms with van der Waals surface area (Å²) >= 11 is 6.36. The number of amidine groups is 1. The third-order valence-electron chi connectivity index (χ3n) is 6.74. The van der Waals surface area contributed by atoms with Crippen molar-refractivity contribution in [2.45, 2.75) is 12.8 Å². The molecule has 2 aromatic rings. The third kappa shape index (κ3) is 4.09. The summed E-state index contributed by atoms with van der Waals surface area (Å²) in [5.41, 5.74) is 3.94. The molecule has 168 valence electrons. The van der Waals surface area contributed by atoms with E-state index in [1.807, 2.05) is 54.7 Å². The Hall–Kier alpha value is -2.96. The largest absolute Gasteiger partial charge is 0.373 e. The van der Waals surface area contributed by atoms with Crippen LogP contribution < -0.4 is 4.90 Å². The normalized spacial score (nSPS) is 22.1. The number of aliphatic imine (C=N–C) groups is 2. The fourth-order valence-corrected chi connectivity index (χ4v) is 4.96. The van der Waals surface area contributed by atoms with Crippen LogP contribution >= 0.6 is 11.6 Å². The number of rotatable bonds is 4. The van der Waals surface area contributed by atoms with Gasteiger partial charge in [-0.1, -0.05) is 41.9 Å². The van der Waals surface area contributed by atoms with E-state index in [-0.39, 0.29) is 5.91 Å². The molecule has 0 N–H and O–H groups in total. The van der Waals surface area contributed by atoms with Crippen LogP contribution in [0, 0.1) is 5.92 Å². The second kappa shape index (κ2) is 8.43. The van der Waals surface area contributed by atoms with Crippen molar-refractivity contribution in [3.63, 3.8) is 0 Å². The summed E-state index contributed by atoms with van der Waals surface area (Å²) in [6.07, 6.45) is 4.70. The number of carbonyl (C=O) groups is 1. The highest BCUT2D eigenvalue weighted by molar-refractivity contribution is 6.34. The Kier molecular flexibility index (Phi) is 5.27. The molecular formula is C26H26ClN5O. The predicted octanol–water partition coefficient (Wildman–Crippen LogP) is 3.81. The van der Waals surface area contributed by atoms with Crippen LogP contribution in [-0.2, 0) is 4.79 Å². The van der Waals surface area contributed by atoms with Gasteiger partial charge in [0.25, 0.3) is 5.91 Å². The lowest BCUT2D eigenvalue weighted by atomic mass is 10.00. The molecular weight excluding hydrogens is 434 g/mol. The van der Waals surface area contributed by atoms with Gasteiger partial charge in [-0.05, 0) is 37.0 Å². The van der Waals surface area contributed by atoms with Gasteiger partial charge in [0.15, 0.2) is 0 Å². The van der Waals surface area contributed by atoms with Gasteiger partial charge in [0, 0.05) is 55.1 Å². The van der Waals surface area contributed by atoms with Crippen LogP contribution in [0.5, 0.6) is 0 Å². The lowest BCUT2D eigenvalue weighted by Gasteiger charge is -2.34. The van der Waals surface area contributed by atoms with Gasteiger partial charge in [0.2, 0.25) is 0 Å². The topological polar surface area (TPSA) is 51.5 Å². The van der Waals surface area contributed by atoms with E-state index in [1.54, 1.807) is 4.90 Å². The van der Waals surface area contributed by atoms with Gasteiger partial charge in [-0.2, -0.15) is 0 Å². The Bertz CT molecular complexity index is 1180. The number of halogens is 1. The van der Waals surface area contributed by atoms with Gasteiger partial charge in [-0.25, -0.2) is 4.99 Å². The SMILES string of the molecule is O=C1/C(=C\N2CCN(CC3CC3)CC2)N=C2CN=C(c3ccccc3)c3cc(Cl)ccc3N12. The number of anilines is 1. The lowest BCUT2D eigenvalue weighted by molar-refractivity contribution is -0.114. The summed E-state index contributed by atoms with van der Waals surface area (Å²) in [5.74, 6) is 1.47. The summed E-state index contributed by atoms with van der Waals surface area (Å²) in [4.78, 5) is 29.6. The molecule has 1 saturated carbocycles. The summed E-state index contributed by atoms with van der Waals surface area (Å²) in [6, 6.07) is 15.6. The molecule has 1 saturated heterocycles. The number of hydrogen-bond donors (Lipinski definition) is 0. The van der Waals surface area contributed by atoms with Crippen LogP contribution in [0.3, 0.4) is 0 Å². The minimum absolute atomic E-state index is 0.0986. The Morgan fingerprint density at radius 2 is 1.82 bits per heavy atom. The molecule has 4 aliphatic rings. The Balaban J connectivity index is 1.29. The number of carbonyl (C=O) groups excluding carboxylic acids is 1. The van der Waals surface area contributed by atoms with E-state index in [9.17, 15) is 4.79 Å². The smallest absolute Gasteiger partial charge is 0.284 e. The molecule has 0 bridgehead atoms. The first kappa shape index (κ1) is 20.6. The molecule has 0 unspecified atom stereocenters. The zero-order valence-electron chi connectivity index (χ0n) is 18.5. The van der Waals surface area contributed by atoms with Crippen LogP contribution in [-0.4, -0.2) is 66.5 Å². The van der Waals surface area contributed by atoms with Gasteiger partial charge < -0.3 is 4.90 Å². The minimum Gasteiger partial charge on any atom is -0.373 e. The van der Waals surface area contributed by atoms with Crippen molar-refractivity contribution in [3.05, 3.63) is 76.6 Å². The summed E-state index contributed by atoms with van der Waals surface area (Å²) < 4.78 is 0. The Labute approximate surface area is 198 Å². The van der Waals surface area contributed by atoms with E-state index < -0.39 is 0 Å². The molecule has 1 aliphatic carbocycles. The molecule has 0 radical (unpaired) electrons. The van der Waals surface area contributed by atoms with Gasteiger partial charge in [-0.15, -0.1) is 0 Å². The van der Waals surface area contributed by atoms with Gasteiger partial charge >= 0.3 is 0 Å². The highest BCUT2D eigenvalue weighted by atomic mass is 35.5. The molecule has 0 atom stereocenters. The monoisotopic (exact) mass is 459 g/mol. The molecule has 33 heavy (non-hydrogen) atoms. The van der Waals surface area contributed by atoms with Gasteiger partial charge in [-0.3, -0.25) is 19.6 Å². The maximum absolute atomic E-state index is 13.5. The maximum atomic E-state index is 13.5. The third-order valence-corrected chi connectivity index (χ3v) is 6.97. The molecule has 2 fully saturated rings. The zero-order chi connectivity index (χ0) is 22.4. The van der Waals surface area contributed by atoms with E-state index >= 15 is 0 Å². The van der Waals surface area contributed by atoms with Crippen molar-refractivity contribution in [3.8, 4) is 0 Å². The molecule has 6 nitrogen and oxygen atoms in total. The standard InChI is InChI=1S/C26H26ClN5O/c27-20-8-9-23-21(14-20)25(19-4-2-1-3-5-19)28-15-24-29-22(26(33)32(23)24)17-31-12-10-30(11-13-31)16-18-6-7-18/h1-5,8-9,14,17-18H,6-7,10-13,15-16H2/b22-17+. The Morgan fingerprint density at radius 3 is 2.58 bits per heavy atom. The Morgan fingerprint density at radius 1 is 1.03 bits per heavy atom. The van der Waals surface area contributed by atoms with Crippen molar-refractivity contribution in [2.75, 3.05) is 44.2 Å². The molecule has 3 heterocycles. The molecule has 3 aliphatic heterocycles. The van der Waals surface area contributed by atoms with Crippen molar-refractivity contribution < 1.29 is 4.79 Å². The first-order valence-electron chi connectivity index (χ1n) is 11.7. The van der Waals surface area contributed by atoms with Crippen LogP contribution in [0.4, 0.5) is 5.69 Å². The second-order valence-corrected chi connectivity index (χ2v) is 9.59. The highest BCUT2D eigenvalue weighted by Crippen LogP contribution is 2.34. The summed E-state index contributed by atoms with van der Waals surface area (Å²) in [6.45, 7) is 5.50. The van der Waals surface area contributed by atoms with E-state index in [2.05, 4.69) is 9.80 Å². The molecule has 1 amide bonds. The molecule has 0 aromatic heterocycles. The van der Waals surface area contributed by atoms with Crippen molar-refractivity contribution >= 4 is 34.7 Å². The van der Waals surface area contributed by atoms with Crippen LogP contribution in [0.25, 0.3) is 0 Å². The van der Waals surface area contributed by atoms with Crippen molar-refractivity contribution in [1.82, 2.24) is 9.80 Å². The van der Waals surface area contributed by atoms with E-state index in [4.69, 9.17) is 21.6 Å². The number of benzene rings is 2. The van der Waals surface area contributed by atoms with Gasteiger partial charge in [0.1, 0.15) is 11.5 Å². The predicted molar refractivity (Wildman–Crippen MR) is 132 cm³/mol. The lowest BCUT2D eigenvalue weighted by Crippen LogP contribution is -2.45. The highest BCUT2D eigenvalue weighted by Gasteiger charge is 2.36. The minimum atomic E-state index is -0.0986. The average Bonchev–Trinajstić information content (AvgIpc) is 3.62. The molecule has 2 aromatic carbocycles. The first-order valence-corrected chi connectivity index (χ1v) is 12.0. The number of hydrogen-bond acceptors (Lipinski definition) is 5. The van der Waals surface area contributed by atoms with Crippen molar-refractivity contribution in [2.24, 2.45) is 15.9 Å². The van der Waals surface area contributed by atoms with E-state index in [1.165, 1.54) is 19.4 Å². The molecule has 7 heteroatoms. The van der Waals surface area contributed by atoms with Crippen LogP contribution in [0.2, 0.25) is 5.02 Å². The maximum Gasteiger partial charge on any atom is 0.284 e. The quantitative estimate of drug-likeness (QED) is 0.653. The summed E-state index contributed by atoms with van der Waals surface area (Å²) in [7, 11) is 0. The van der Waals surface area contributed by atoms with Crippen LogP contribution in [0.1, 0.15) is 24.0 Å². The number of fused-ring (bicyclic) bond motifs is 3. The van der Waals surface area contributed by atoms with Gasteiger partial charge in [0.05, 0.1) is 17.9 Å². The molecule has 6 rings (SSSR count).